The first-order valence-corrected chi connectivity index (χ1v) is 8.69. The van der Waals surface area contributed by atoms with Gasteiger partial charge in [-0.15, -0.1) is 0 Å². The van der Waals surface area contributed by atoms with E-state index in [-0.39, 0.29) is 11.9 Å². The minimum absolute atomic E-state index is 0.126. The quantitative estimate of drug-likeness (QED) is 0.847. The lowest BCUT2D eigenvalue weighted by molar-refractivity contribution is -0.144. The third-order valence-corrected chi connectivity index (χ3v) is 4.48. The number of amides is 1. The van der Waals surface area contributed by atoms with Crippen molar-refractivity contribution in [1.29, 1.82) is 0 Å². The molecule has 1 saturated heterocycles. The molecule has 1 aliphatic rings. The van der Waals surface area contributed by atoms with E-state index in [0.29, 0.717) is 11.7 Å². The average Bonchev–Trinajstić information content (AvgIpc) is 3.10. The maximum Gasteiger partial charge on any atom is 0.249 e. The summed E-state index contributed by atoms with van der Waals surface area (Å²) in [5.74, 6) is 1.96. The van der Waals surface area contributed by atoms with Crippen LogP contribution in [0.4, 0.5) is 0 Å². The number of benzene rings is 1. The number of ether oxygens (including phenoxy) is 1. The zero-order chi connectivity index (χ0) is 18.0. The summed E-state index contributed by atoms with van der Waals surface area (Å²) in [7, 11) is 1.63. The first-order chi connectivity index (χ1) is 11.9. The first-order valence-electron chi connectivity index (χ1n) is 8.69. The summed E-state index contributed by atoms with van der Waals surface area (Å²) in [6, 6.07) is 7.38. The van der Waals surface area contributed by atoms with E-state index in [1.807, 2.05) is 49.9 Å². The molecule has 0 aliphatic carbocycles. The molecule has 1 fully saturated rings. The van der Waals surface area contributed by atoms with E-state index in [9.17, 15) is 4.79 Å². The van der Waals surface area contributed by atoms with Crippen LogP contribution in [0.3, 0.4) is 0 Å². The van der Waals surface area contributed by atoms with Crippen molar-refractivity contribution in [3.05, 3.63) is 30.2 Å². The van der Waals surface area contributed by atoms with Crippen LogP contribution in [0.15, 0.2) is 28.8 Å². The van der Waals surface area contributed by atoms with E-state index >= 15 is 0 Å². The van der Waals surface area contributed by atoms with Crippen LogP contribution in [-0.2, 0) is 4.79 Å². The van der Waals surface area contributed by atoms with Crippen LogP contribution in [0.25, 0.3) is 11.4 Å². The summed E-state index contributed by atoms with van der Waals surface area (Å²) in [5.41, 5.74) is 0.439. The van der Waals surface area contributed by atoms with Gasteiger partial charge in [-0.05, 0) is 43.5 Å². The van der Waals surface area contributed by atoms with Crippen molar-refractivity contribution in [2.75, 3.05) is 13.7 Å². The number of carbonyl (C=O) groups is 1. The van der Waals surface area contributed by atoms with Crippen LogP contribution in [0, 0.1) is 5.41 Å². The highest BCUT2D eigenvalue weighted by atomic mass is 16.5. The number of likely N-dealkylation sites (tertiary alicyclic amines) is 1. The maximum absolute atomic E-state index is 12.8. The van der Waals surface area contributed by atoms with E-state index in [2.05, 4.69) is 10.1 Å². The van der Waals surface area contributed by atoms with Crippen molar-refractivity contribution < 1.29 is 14.1 Å². The van der Waals surface area contributed by atoms with Gasteiger partial charge in [0.15, 0.2) is 0 Å². The summed E-state index contributed by atoms with van der Waals surface area (Å²) >= 11 is 0. The molecule has 0 spiro atoms. The first kappa shape index (κ1) is 17.5. The van der Waals surface area contributed by atoms with E-state index in [1.54, 1.807) is 7.11 Å². The van der Waals surface area contributed by atoms with Gasteiger partial charge < -0.3 is 14.2 Å². The largest absolute Gasteiger partial charge is 0.497 e. The third kappa shape index (κ3) is 3.67. The molecule has 25 heavy (non-hydrogen) atoms. The number of piperidine rings is 1. The molecule has 2 aromatic rings. The van der Waals surface area contributed by atoms with Gasteiger partial charge in [0.1, 0.15) is 11.8 Å². The topological polar surface area (TPSA) is 68.5 Å². The maximum atomic E-state index is 12.8. The van der Waals surface area contributed by atoms with Gasteiger partial charge in [-0.3, -0.25) is 4.79 Å². The summed E-state index contributed by atoms with van der Waals surface area (Å²) in [6.45, 7) is 6.56. The van der Waals surface area contributed by atoms with Gasteiger partial charge in [0, 0.05) is 17.5 Å². The molecule has 1 aromatic carbocycles. The van der Waals surface area contributed by atoms with Crippen molar-refractivity contribution >= 4 is 5.91 Å². The molecule has 2 heterocycles. The number of aromatic nitrogens is 2. The Morgan fingerprint density at radius 2 is 1.96 bits per heavy atom. The zero-order valence-electron chi connectivity index (χ0n) is 15.3. The number of carbonyl (C=O) groups excluding carboxylic acids is 1. The van der Waals surface area contributed by atoms with Crippen molar-refractivity contribution in [2.45, 2.75) is 46.1 Å². The lowest BCUT2D eigenvalue weighted by Gasteiger charge is -2.37. The van der Waals surface area contributed by atoms with Gasteiger partial charge >= 0.3 is 0 Å². The number of nitrogens with zero attached hydrogens (tertiary/aromatic N) is 3. The highest BCUT2D eigenvalue weighted by Crippen LogP contribution is 2.34. The van der Waals surface area contributed by atoms with Crippen LogP contribution in [0.2, 0.25) is 0 Å². The van der Waals surface area contributed by atoms with E-state index < -0.39 is 5.41 Å². The van der Waals surface area contributed by atoms with Crippen molar-refractivity contribution in [1.82, 2.24) is 15.0 Å². The van der Waals surface area contributed by atoms with Crippen LogP contribution in [0.5, 0.6) is 5.75 Å². The Bertz CT molecular complexity index is 731. The SMILES string of the molecule is COc1ccc(-c2noc([C@H]3CCCCN3C(=O)C(C)(C)C)n2)cc1. The van der Waals surface area contributed by atoms with Gasteiger partial charge in [0.05, 0.1) is 7.11 Å². The van der Waals surface area contributed by atoms with Gasteiger partial charge in [-0.2, -0.15) is 4.98 Å². The van der Waals surface area contributed by atoms with Gasteiger partial charge in [0.25, 0.3) is 0 Å². The predicted octanol–water partition coefficient (Wildman–Crippen LogP) is 3.84. The minimum atomic E-state index is -0.422. The number of hydrogen-bond donors (Lipinski definition) is 0. The van der Waals surface area contributed by atoms with Gasteiger partial charge in [0.2, 0.25) is 17.6 Å². The molecule has 6 heteroatoms. The molecule has 0 N–H and O–H groups in total. The Morgan fingerprint density at radius 1 is 1.24 bits per heavy atom. The van der Waals surface area contributed by atoms with Crippen molar-refractivity contribution in [3.8, 4) is 17.1 Å². The molecule has 0 bridgehead atoms. The van der Waals surface area contributed by atoms with E-state index in [4.69, 9.17) is 9.26 Å². The van der Waals surface area contributed by atoms with Crippen LogP contribution in [-0.4, -0.2) is 34.6 Å². The molecule has 134 valence electrons. The number of hydrogen-bond acceptors (Lipinski definition) is 5. The highest BCUT2D eigenvalue weighted by molar-refractivity contribution is 5.82. The molecule has 0 saturated carbocycles. The fraction of sp³-hybridized carbons (Fsp3) is 0.526. The molecular weight excluding hydrogens is 318 g/mol. The lowest BCUT2D eigenvalue weighted by atomic mass is 9.91. The number of rotatable bonds is 3. The Balaban J connectivity index is 1.85. The summed E-state index contributed by atoms with van der Waals surface area (Å²) < 4.78 is 10.7. The van der Waals surface area contributed by atoms with Crippen LogP contribution in [0.1, 0.15) is 52.0 Å². The molecular formula is C19H25N3O3. The van der Waals surface area contributed by atoms with Gasteiger partial charge in [-0.1, -0.05) is 25.9 Å². The number of methoxy groups -OCH3 is 1. The Morgan fingerprint density at radius 3 is 2.60 bits per heavy atom. The highest BCUT2D eigenvalue weighted by Gasteiger charge is 2.36. The normalized spacial score (nSPS) is 18.2. The molecule has 0 unspecified atom stereocenters. The average molecular weight is 343 g/mol. The minimum Gasteiger partial charge on any atom is -0.497 e. The van der Waals surface area contributed by atoms with Crippen LogP contribution >= 0.6 is 0 Å². The molecule has 1 atom stereocenters. The zero-order valence-corrected chi connectivity index (χ0v) is 15.3. The second kappa shape index (κ2) is 6.86. The Kier molecular flexibility index (Phi) is 4.79. The second-order valence-electron chi connectivity index (χ2n) is 7.44. The molecule has 1 aliphatic heterocycles. The molecule has 1 aromatic heterocycles. The summed E-state index contributed by atoms with van der Waals surface area (Å²) in [4.78, 5) is 19.2. The summed E-state index contributed by atoms with van der Waals surface area (Å²) in [6.07, 6.45) is 2.92. The van der Waals surface area contributed by atoms with E-state index in [0.717, 1.165) is 37.1 Å². The Hall–Kier alpha value is -2.37. The standard InChI is InChI=1S/C19H25N3O3/c1-19(2,3)18(23)22-12-6-5-7-15(22)17-20-16(21-25-17)13-8-10-14(24-4)11-9-13/h8-11,15H,5-7,12H2,1-4H3/t15-/m1/s1. The fourth-order valence-electron chi connectivity index (χ4n) is 3.09. The molecule has 6 nitrogen and oxygen atoms in total. The smallest absolute Gasteiger partial charge is 0.249 e. The molecule has 3 rings (SSSR count). The molecule has 0 radical (unpaired) electrons. The van der Waals surface area contributed by atoms with Crippen molar-refractivity contribution in [3.63, 3.8) is 0 Å². The predicted molar refractivity (Wildman–Crippen MR) is 94.0 cm³/mol. The monoisotopic (exact) mass is 343 g/mol. The summed E-state index contributed by atoms with van der Waals surface area (Å²) in [5, 5.41) is 4.11. The van der Waals surface area contributed by atoms with Crippen LogP contribution < -0.4 is 4.74 Å². The molecule has 1 amide bonds. The van der Waals surface area contributed by atoms with Gasteiger partial charge in [-0.25, -0.2) is 0 Å². The Labute approximate surface area is 148 Å². The third-order valence-electron chi connectivity index (χ3n) is 4.48. The lowest BCUT2D eigenvalue weighted by Crippen LogP contribution is -2.44. The van der Waals surface area contributed by atoms with Crippen molar-refractivity contribution in [2.24, 2.45) is 5.41 Å². The van der Waals surface area contributed by atoms with E-state index in [1.165, 1.54) is 0 Å². The second-order valence-corrected chi connectivity index (χ2v) is 7.44. The fourth-order valence-corrected chi connectivity index (χ4v) is 3.09.